The molecule has 7 heteroatoms. The molecule has 0 aliphatic rings. The van der Waals surface area contributed by atoms with Gasteiger partial charge in [-0.25, -0.2) is 18.1 Å². The van der Waals surface area contributed by atoms with Crippen LogP contribution in [0.2, 0.25) is 0 Å². The van der Waals surface area contributed by atoms with Crippen LogP contribution in [0.25, 0.3) is 5.65 Å². The molecule has 114 valence electrons. The van der Waals surface area contributed by atoms with Crippen molar-refractivity contribution in [3.05, 3.63) is 64.5 Å². The van der Waals surface area contributed by atoms with Crippen molar-refractivity contribution in [2.24, 2.45) is 0 Å². The lowest BCUT2D eigenvalue weighted by Crippen LogP contribution is -2.24. The van der Waals surface area contributed by atoms with Crippen LogP contribution >= 0.6 is 15.9 Å². The zero-order valence-corrected chi connectivity index (χ0v) is 14.2. The molecule has 3 aromatic rings. The maximum absolute atomic E-state index is 12.3. The highest BCUT2D eigenvalue weighted by atomic mass is 79.9. The Hall–Kier alpha value is -1.70. The third-order valence-electron chi connectivity index (χ3n) is 3.38. The van der Waals surface area contributed by atoms with E-state index in [4.69, 9.17) is 0 Å². The number of benzene rings is 1. The molecule has 0 spiro atoms. The predicted molar refractivity (Wildman–Crippen MR) is 88.1 cm³/mol. The van der Waals surface area contributed by atoms with Gasteiger partial charge >= 0.3 is 0 Å². The fourth-order valence-electron chi connectivity index (χ4n) is 2.24. The van der Waals surface area contributed by atoms with E-state index in [1.165, 1.54) is 0 Å². The highest BCUT2D eigenvalue weighted by molar-refractivity contribution is 9.10. The van der Waals surface area contributed by atoms with Gasteiger partial charge in [-0.15, -0.1) is 0 Å². The van der Waals surface area contributed by atoms with E-state index in [2.05, 4.69) is 25.6 Å². The summed E-state index contributed by atoms with van der Waals surface area (Å²) in [6, 6.07) is 12.2. The molecule has 0 amide bonds. The molecule has 22 heavy (non-hydrogen) atoms. The molecule has 0 aliphatic carbocycles. The number of aromatic nitrogens is 2. The van der Waals surface area contributed by atoms with Gasteiger partial charge in [-0.2, -0.15) is 0 Å². The molecule has 0 saturated carbocycles. The van der Waals surface area contributed by atoms with Crippen molar-refractivity contribution in [3.8, 4) is 0 Å². The number of rotatable bonds is 4. The Morgan fingerprint density at radius 3 is 2.64 bits per heavy atom. The van der Waals surface area contributed by atoms with Gasteiger partial charge in [-0.3, -0.25) is 0 Å². The van der Waals surface area contributed by atoms with Gasteiger partial charge in [-0.05, 0) is 43.3 Å². The van der Waals surface area contributed by atoms with Gasteiger partial charge in [0.05, 0.1) is 22.8 Å². The van der Waals surface area contributed by atoms with Gasteiger partial charge < -0.3 is 4.40 Å². The number of fused-ring (bicyclic) bond motifs is 1. The first-order valence-corrected chi connectivity index (χ1v) is 8.93. The number of hydrogen-bond acceptors (Lipinski definition) is 3. The molecule has 1 N–H and O–H groups in total. The van der Waals surface area contributed by atoms with Crippen LogP contribution < -0.4 is 4.72 Å². The van der Waals surface area contributed by atoms with Crippen LogP contribution in [0.5, 0.6) is 0 Å². The van der Waals surface area contributed by atoms with E-state index in [1.807, 2.05) is 35.7 Å². The van der Waals surface area contributed by atoms with Gasteiger partial charge in [0.1, 0.15) is 5.65 Å². The van der Waals surface area contributed by atoms with Crippen LogP contribution in [-0.2, 0) is 16.6 Å². The molecule has 3 rings (SSSR count). The number of pyridine rings is 1. The summed E-state index contributed by atoms with van der Waals surface area (Å²) in [7, 11) is -3.55. The fraction of sp³-hybridized carbons (Fsp3) is 0.133. The van der Waals surface area contributed by atoms with Crippen molar-refractivity contribution in [1.29, 1.82) is 0 Å². The van der Waals surface area contributed by atoms with Crippen molar-refractivity contribution in [1.82, 2.24) is 14.1 Å². The second kappa shape index (κ2) is 5.83. The maximum Gasteiger partial charge on any atom is 0.240 e. The number of hydrogen-bond donors (Lipinski definition) is 1. The summed E-state index contributed by atoms with van der Waals surface area (Å²) >= 11 is 3.29. The van der Waals surface area contributed by atoms with Crippen LogP contribution in [0.15, 0.2) is 58.0 Å². The first kappa shape index (κ1) is 15.2. The minimum Gasteiger partial charge on any atom is -0.302 e. The highest BCUT2D eigenvalue weighted by Gasteiger charge is 2.16. The van der Waals surface area contributed by atoms with Crippen LogP contribution in [0.4, 0.5) is 0 Å². The lowest BCUT2D eigenvalue weighted by atomic mass is 10.3. The topological polar surface area (TPSA) is 63.5 Å². The standard InChI is InChI=1S/C15H14BrN3O2S/c1-11-14(19-9-3-2-4-15(19)18-11)10-17-22(20,21)13-7-5-12(16)6-8-13/h2-9,17H,10H2,1H3. The molecule has 0 atom stereocenters. The molecular formula is C15H14BrN3O2S. The summed E-state index contributed by atoms with van der Waals surface area (Å²) in [4.78, 5) is 4.66. The largest absolute Gasteiger partial charge is 0.302 e. The summed E-state index contributed by atoms with van der Waals surface area (Å²) in [5.41, 5.74) is 2.44. The number of halogens is 1. The monoisotopic (exact) mass is 379 g/mol. The number of aryl methyl sites for hydroxylation is 1. The van der Waals surface area contributed by atoms with Gasteiger partial charge in [0.15, 0.2) is 0 Å². The normalized spacial score (nSPS) is 11.9. The van der Waals surface area contributed by atoms with E-state index in [1.54, 1.807) is 24.3 Å². The summed E-state index contributed by atoms with van der Waals surface area (Å²) in [6.45, 7) is 2.06. The summed E-state index contributed by atoms with van der Waals surface area (Å²) in [6.07, 6.45) is 1.87. The smallest absolute Gasteiger partial charge is 0.240 e. The van der Waals surface area contributed by atoms with Crippen molar-refractivity contribution in [2.75, 3.05) is 0 Å². The van der Waals surface area contributed by atoms with E-state index in [9.17, 15) is 8.42 Å². The number of nitrogens with one attached hydrogen (secondary N) is 1. The van der Waals surface area contributed by atoms with E-state index < -0.39 is 10.0 Å². The van der Waals surface area contributed by atoms with Gasteiger partial charge in [0.2, 0.25) is 10.0 Å². The SMILES string of the molecule is Cc1nc2ccccn2c1CNS(=O)(=O)c1ccc(Br)cc1. The van der Waals surface area contributed by atoms with Crippen molar-refractivity contribution < 1.29 is 8.42 Å². The second-order valence-electron chi connectivity index (χ2n) is 4.85. The summed E-state index contributed by atoms with van der Waals surface area (Å²) < 4.78 is 30.0. The first-order chi connectivity index (χ1) is 10.5. The number of nitrogens with zero attached hydrogens (tertiary/aromatic N) is 2. The lowest BCUT2D eigenvalue weighted by molar-refractivity contribution is 0.580. The minimum absolute atomic E-state index is 0.190. The Morgan fingerprint density at radius 1 is 1.18 bits per heavy atom. The Morgan fingerprint density at radius 2 is 1.91 bits per heavy atom. The fourth-order valence-corrected chi connectivity index (χ4v) is 3.49. The zero-order chi connectivity index (χ0) is 15.7. The van der Waals surface area contributed by atoms with Gasteiger partial charge in [0, 0.05) is 10.7 Å². The zero-order valence-electron chi connectivity index (χ0n) is 11.8. The van der Waals surface area contributed by atoms with E-state index >= 15 is 0 Å². The molecule has 5 nitrogen and oxygen atoms in total. The Kier molecular flexibility index (Phi) is 4.03. The molecule has 0 bridgehead atoms. The van der Waals surface area contributed by atoms with Crippen molar-refractivity contribution in [3.63, 3.8) is 0 Å². The average molecular weight is 380 g/mol. The molecule has 0 aliphatic heterocycles. The molecule has 0 saturated heterocycles. The summed E-state index contributed by atoms with van der Waals surface area (Å²) in [5.74, 6) is 0. The Bertz CT molecular complexity index is 918. The van der Waals surface area contributed by atoms with Crippen LogP contribution in [0.1, 0.15) is 11.4 Å². The number of sulfonamides is 1. The van der Waals surface area contributed by atoms with E-state index in [-0.39, 0.29) is 11.4 Å². The van der Waals surface area contributed by atoms with E-state index in [0.29, 0.717) is 0 Å². The van der Waals surface area contributed by atoms with Gasteiger partial charge in [-0.1, -0.05) is 22.0 Å². The molecular weight excluding hydrogens is 366 g/mol. The molecule has 0 fully saturated rings. The third kappa shape index (κ3) is 2.92. The molecule has 0 radical (unpaired) electrons. The maximum atomic E-state index is 12.3. The molecule has 1 aromatic carbocycles. The Labute approximate surface area is 137 Å². The Balaban J connectivity index is 1.87. The van der Waals surface area contributed by atoms with Crippen molar-refractivity contribution in [2.45, 2.75) is 18.4 Å². The second-order valence-corrected chi connectivity index (χ2v) is 7.53. The molecule has 2 heterocycles. The minimum atomic E-state index is -3.55. The molecule has 2 aromatic heterocycles. The average Bonchev–Trinajstić information content (AvgIpc) is 2.81. The third-order valence-corrected chi connectivity index (χ3v) is 5.33. The summed E-state index contributed by atoms with van der Waals surface area (Å²) in [5, 5.41) is 0. The first-order valence-electron chi connectivity index (χ1n) is 6.65. The lowest BCUT2D eigenvalue weighted by Gasteiger charge is -2.07. The van der Waals surface area contributed by atoms with Crippen LogP contribution in [0, 0.1) is 6.92 Å². The highest BCUT2D eigenvalue weighted by Crippen LogP contribution is 2.16. The quantitative estimate of drug-likeness (QED) is 0.757. The predicted octanol–water partition coefficient (Wildman–Crippen LogP) is 2.88. The van der Waals surface area contributed by atoms with Crippen LogP contribution in [-0.4, -0.2) is 17.8 Å². The van der Waals surface area contributed by atoms with Crippen molar-refractivity contribution >= 4 is 31.6 Å². The van der Waals surface area contributed by atoms with E-state index in [0.717, 1.165) is 21.5 Å². The van der Waals surface area contributed by atoms with Gasteiger partial charge in [0.25, 0.3) is 0 Å². The van der Waals surface area contributed by atoms with Crippen LogP contribution in [0.3, 0.4) is 0 Å². The number of imidazole rings is 1. The molecule has 0 unspecified atom stereocenters.